The van der Waals surface area contributed by atoms with Crippen LogP contribution in [0.1, 0.15) is 49.7 Å². The third kappa shape index (κ3) is 3.35. The zero-order valence-corrected chi connectivity index (χ0v) is 11.4. The predicted octanol–water partition coefficient (Wildman–Crippen LogP) is 5.27. The summed E-state index contributed by atoms with van der Waals surface area (Å²) in [7, 11) is 0. The third-order valence-corrected chi connectivity index (χ3v) is 4.15. The lowest BCUT2D eigenvalue weighted by molar-refractivity contribution is 0.376. The molecule has 0 nitrogen and oxygen atoms in total. The second-order valence-electron chi connectivity index (χ2n) is 5.33. The van der Waals surface area contributed by atoms with Crippen LogP contribution in [0.2, 0.25) is 0 Å². The molecule has 1 aliphatic rings. The van der Waals surface area contributed by atoms with Gasteiger partial charge in [-0.3, -0.25) is 0 Å². The SMILES string of the molecule is C=CC=CC1CCC(c2ccc(CC)cc2)CC1. The van der Waals surface area contributed by atoms with Gasteiger partial charge in [0.15, 0.2) is 0 Å². The van der Waals surface area contributed by atoms with E-state index in [-0.39, 0.29) is 0 Å². The Kier molecular flexibility index (Phi) is 4.81. The van der Waals surface area contributed by atoms with Crippen LogP contribution in [0.5, 0.6) is 0 Å². The van der Waals surface area contributed by atoms with Crippen LogP contribution in [0.15, 0.2) is 49.1 Å². The molecule has 0 heteroatoms. The highest BCUT2D eigenvalue weighted by atomic mass is 14.2. The Morgan fingerprint density at radius 1 is 1.11 bits per heavy atom. The molecule has 1 aromatic carbocycles. The van der Waals surface area contributed by atoms with E-state index in [9.17, 15) is 0 Å². The van der Waals surface area contributed by atoms with Crippen molar-refractivity contribution in [3.8, 4) is 0 Å². The molecule has 0 aliphatic heterocycles. The molecule has 0 atom stereocenters. The zero-order valence-electron chi connectivity index (χ0n) is 11.4. The first-order chi connectivity index (χ1) is 8.83. The average Bonchev–Trinajstić information content (AvgIpc) is 2.46. The van der Waals surface area contributed by atoms with E-state index in [1.54, 1.807) is 5.56 Å². The lowest BCUT2D eigenvalue weighted by atomic mass is 9.78. The van der Waals surface area contributed by atoms with Crippen LogP contribution < -0.4 is 0 Å². The van der Waals surface area contributed by atoms with Crippen molar-refractivity contribution < 1.29 is 0 Å². The van der Waals surface area contributed by atoms with Gasteiger partial charge in [0.25, 0.3) is 0 Å². The fraction of sp³-hybridized carbons (Fsp3) is 0.444. The maximum atomic E-state index is 3.74. The lowest BCUT2D eigenvalue weighted by Crippen LogP contribution is -2.11. The van der Waals surface area contributed by atoms with Crippen molar-refractivity contribution in [3.05, 3.63) is 60.2 Å². The first kappa shape index (κ1) is 13.1. The highest BCUT2D eigenvalue weighted by molar-refractivity contribution is 5.25. The van der Waals surface area contributed by atoms with Crippen molar-refractivity contribution in [2.45, 2.75) is 44.9 Å². The number of hydrogen-bond donors (Lipinski definition) is 0. The van der Waals surface area contributed by atoms with Gasteiger partial charge in [-0.05, 0) is 55.1 Å². The highest BCUT2D eigenvalue weighted by Crippen LogP contribution is 2.36. The largest absolute Gasteiger partial charge is 0.0991 e. The van der Waals surface area contributed by atoms with E-state index in [0.29, 0.717) is 0 Å². The lowest BCUT2D eigenvalue weighted by Gasteiger charge is -2.27. The summed E-state index contributed by atoms with van der Waals surface area (Å²) >= 11 is 0. The Hall–Kier alpha value is -1.30. The molecule has 0 radical (unpaired) electrons. The van der Waals surface area contributed by atoms with Crippen LogP contribution in [0.4, 0.5) is 0 Å². The van der Waals surface area contributed by atoms with Crippen molar-refractivity contribution in [1.82, 2.24) is 0 Å². The summed E-state index contributed by atoms with van der Waals surface area (Å²) in [6.45, 7) is 5.95. The van der Waals surface area contributed by atoms with E-state index in [0.717, 1.165) is 18.3 Å². The van der Waals surface area contributed by atoms with E-state index in [1.165, 1.54) is 31.2 Å². The van der Waals surface area contributed by atoms with E-state index >= 15 is 0 Å². The quantitative estimate of drug-likeness (QED) is 0.629. The molecule has 0 unspecified atom stereocenters. The standard InChI is InChI=1S/C18H24/c1-3-5-6-16-9-13-18(14-10-16)17-11-7-15(4-2)8-12-17/h3,5-8,11-12,16,18H,1,4,9-10,13-14H2,2H3. The molecule has 2 rings (SSSR count). The Morgan fingerprint density at radius 2 is 1.78 bits per heavy atom. The first-order valence-corrected chi connectivity index (χ1v) is 7.21. The smallest absolute Gasteiger partial charge is 0.0162 e. The van der Waals surface area contributed by atoms with Crippen molar-refractivity contribution >= 4 is 0 Å². The van der Waals surface area contributed by atoms with E-state index in [1.807, 2.05) is 6.08 Å². The van der Waals surface area contributed by atoms with Crippen LogP contribution in [0.25, 0.3) is 0 Å². The molecule has 18 heavy (non-hydrogen) atoms. The molecule has 0 N–H and O–H groups in total. The minimum absolute atomic E-state index is 0.772. The molecular weight excluding hydrogens is 216 g/mol. The van der Waals surface area contributed by atoms with Crippen LogP contribution in [0.3, 0.4) is 0 Å². The normalized spacial score (nSPS) is 24.3. The summed E-state index contributed by atoms with van der Waals surface area (Å²) < 4.78 is 0. The third-order valence-electron chi connectivity index (χ3n) is 4.15. The molecule has 1 aliphatic carbocycles. The number of rotatable bonds is 4. The van der Waals surface area contributed by atoms with E-state index in [2.05, 4.69) is 49.9 Å². The van der Waals surface area contributed by atoms with Crippen molar-refractivity contribution in [3.63, 3.8) is 0 Å². The molecule has 1 fully saturated rings. The predicted molar refractivity (Wildman–Crippen MR) is 79.9 cm³/mol. The topological polar surface area (TPSA) is 0 Å². The molecule has 0 amide bonds. The van der Waals surface area contributed by atoms with Gasteiger partial charge >= 0.3 is 0 Å². The van der Waals surface area contributed by atoms with Crippen LogP contribution in [-0.2, 0) is 6.42 Å². The Morgan fingerprint density at radius 3 is 2.33 bits per heavy atom. The minimum Gasteiger partial charge on any atom is -0.0991 e. The second-order valence-corrected chi connectivity index (χ2v) is 5.33. The summed E-state index contributed by atoms with van der Waals surface area (Å²) in [5.74, 6) is 1.55. The zero-order chi connectivity index (χ0) is 12.8. The number of hydrogen-bond acceptors (Lipinski definition) is 0. The fourth-order valence-electron chi connectivity index (χ4n) is 2.91. The summed E-state index contributed by atoms with van der Waals surface area (Å²) in [5.41, 5.74) is 2.99. The molecule has 1 saturated carbocycles. The summed E-state index contributed by atoms with van der Waals surface area (Å²) in [4.78, 5) is 0. The summed E-state index contributed by atoms with van der Waals surface area (Å²) in [5, 5.41) is 0. The minimum atomic E-state index is 0.772. The van der Waals surface area contributed by atoms with Crippen LogP contribution in [0, 0.1) is 5.92 Å². The molecule has 1 aromatic rings. The van der Waals surface area contributed by atoms with Gasteiger partial charge in [-0.25, -0.2) is 0 Å². The molecule has 0 saturated heterocycles. The number of benzene rings is 1. The van der Waals surface area contributed by atoms with Gasteiger partial charge < -0.3 is 0 Å². The molecule has 0 spiro atoms. The van der Waals surface area contributed by atoms with Gasteiger partial charge in [-0.15, -0.1) is 0 Å². The van der Waals surface area contributed by atoms with Gasteiger partial charge in [-0.2, -0.15) is 0 Å². The first-order valence-electron chi connectivity index (χ1n) is 7.21. The van der Waals surface area contributed by atoms with Crippen LogP contribution in [-0.4, -0.2) is 0 Å². The Balaban J connectivity index is 1.92. The van der Waals surface area contributed by atoms with Crippen molar-refractivity contribution in [1.29, 1.82) is 0 Å². The monoisotopic (exact) mass is 240 g/mol. The van der Waals surface area contributed by atoms with E-state index < -0.39 is 0 Å². The second kappa shape index (κ2) is 6.58. The fourth-order valence-corrected chi connectivity index (χ4v) is 2.91. The van der Waals surface area contributed by atoms with Gasteiger partial charge in [0.2, 0.25) is 0 Å². The molecule has 96 valence electrons. The summed E-state index contributed by atoms with van der Waals surface area (Å²) in [6, 6.07) is 9.25. The van der Waals surface area contributed by atoms with Gasteiger partial charge in [0.1, 0.15) is 0 Å². The van der Waals surface area contributed by atoms with Gasteiger partial charge in [0.05, 0.1) is 0 Å². The Bertz CT molecular complexity index is 389. The van der Waals surface area contributed by atoms with E-state index in [4.69, 9.17) is 0 Å². The van der Waals surface area contributed by atoms with Crippen molar-refractivity contribution in [2.24, 2.45) is 5.92 Å². The highest BCUT2D eigenvalue weighted by Gasteiger charge is 2.20. The maximum absolute atomic E-state index is 3.74. The molecular formula is C18H24. The number of allylic oxidation sites excluding steroid dienone is 3. The van der Waals surface area contributed by atoms with Gasteiger partial charge in [-0.1, -0.05) is 56.0 Å². The summed E-state index contributed by atoms with van der Waals surface area (Å²) in [6.07, 6.45) is 12.8. The van der Waals surface area contributed by atoms with Gasteiger partial charge in [0, 0.05) is 0 Å². The molecule has 0 heterocycles. The maximum Gasteiger partial charge on any atom is -0.0162 e. The molecule has 0 aromatic heterocycles. The molecule has 0 bridgehead atoms. The number of aryl methyl sites for hydroxylation is 1. The average molecular weight is 240 g/mol. The van der Waals surface area contributed by atoms with Crippen molar-refractivity contribution in [2.75, 3.05) is 0 Å². The Labute approximate surface area is 111 Å². The van der Waals surface area contributed by atoms with Crippen LogP contribution >= 0.6 is 0 Å².